The molecular weight excluding hydrogens is 432 g/mol. The van der Waals surface area contributed by atoms with Gasteiger partial charge in [-0.05, 0) is 49.3 Å². The molecule has 3 N–H and O–H groups in total. The number of ether oxygens (including phenoxy) is 1. The highest BCUT2D eigenvalue weighted by Gasteiger charge is 2.44. The van der Waals surface area contributed by atoms with Gasteiger partial charge in [0.2, 0.25) is 5.91 Å². The van der Waals surface area contributed by atoms with Crippen LogP contribution in [-0.4, -0.2) is 47.8 Å². The molecule has 1 amide bonds. The SMILES string of the molecule is Cl.N[C@H]1CC[C@H](C(=O)N2CCC3(CC2)OCCc2sc(-c4ccccc4)cc23)C[C@@H]1O. The van der Waals surface area contributed by atoms with Gasteiger partial charge in [0, 0.05) is 41.2 Å². The van der Waals surface area contributed by atoms with E-state index >= 15 is 0 Å². The number of carbonyl (C=O) groups excluding carboxylic acids is 1. The second-order valence-electron chi connectivity index (χ2n) is 8.97. The number of fused-ring (bicyclic) bond motifs is 2. The predicted molar refractivity (Wildman–Crippen MR) is 125 cm³/mol. The normalized spacial score (nSPS) is 27.4. The highest BCUT2D eigenvalue weighted by Crippen LogP contribution is 2.47. The standard InChI is InChI=1S/C24H30N2O3S.ClH/c25-19-7-6-17(14-20(19)27)23(28)26-11-9-24(10-12-26)18-15-22(16-4-2-1-3-5-16)30-21(18)8-13-29-24;/h1-5,15,17,19-20,27H,6-14,25H2;1H/t17-,19-,20-;/m0./s1. The molecule has 3 heterocycles. The van der Waals surface area contributed by atoms with Gasteiger partial charge in [-0.25, -0.2) is 0 Å². The average Bonchev–Trinajstić information content (AvgIpc) is 3.23. The van der Waals surface area contributed by atoms with E-state index in [0.717, 1.165) is 38.7 Å². The molecule has 1 aromatic heterocycles. The van der Waals surface area contributed by atoms with Crippen molar-refractivity contribution in [3.8, 4) is 10.4 Å². The van der Waals surface area contributed by atoms with E-state index in [2.05, 4.69) is 30.3 Å². The largest absolute Gasteiger partial charge is 0.391 e. The lowest BCUT2D eigenvalue weighted by atomic mass is 9.80. The summed E-state index contributed by atoms with van der Waals surface area (Å²) in [6.45, 7) is 2.18. The molecule has 31 heavy (non-hydrogen) atoms. The number of hydrogen-bond donors (Lipinski definition) is 2. The maximum absolute atomic E-state index is 13.0. The minimum atomic E-state index is -0.560. The minimum Gasteiger partial charge on any atom is -0.391 e. The Morgan fingerprint density at radius 2 is 1.94 bits per heavy atom. The summed E-state index contributed by atoms with van der Waals surface area (Å²) < 4.78 is 6.40. The molecule has 1 spiro atoms. The van der Waals surface area contributed by atoms with Crippen LogP contribution in [0.4, 0.5) is 0 Å². The van der Waals surface area contributed by atoms with Gasteiger partial charge in [0.1, 0.15) is 0 Å². The third-order valence-electron chi connectivity index (χ3n) is 7.17. The Hall–Kier alpha value is -1.44. The van der Waals surface area contributed by atoms with Crippen molar-refractivity contribution in [1.82, 2.24) is 4.90 Å². The summed E-state index contributed by atoms with van der Waals surface area (Å²) in [5.41, 5.74) is 8.24. The molecule has 5 rings (SSSR count). The fraction of sp³-hybridized carbons (Fsp3) is 0.542. The molecule has 2 fully saturated rings. The lowest BCUT2D eigenvalue weighted by Gasteiger charge is -2.45. The fourth-order valence-corrected chi connectivity index (χ4v) is 6.55. The number of piperidine rings is 1. The van der Waals surface area contributed by atoms with Gasteiger partial charge in [-0.2, -0.15) is 0 Å². The lowest BCUT2D eigenvalue weighted by Crippen LogP contribution is -2.51. The van der Waals surface area contributed by atoms with Crippen LogP contribution in [0.15, 0.2) is 36.4 Å². The van der Waals surface area contributed by atoms with Crippen molar-refractivity contribution in [2.75, 3.05) is 19.7 Å². The summed E-state index contributed by atoms with van der Waals surface area (Å²) >= 11 is 1.89. The van der Waals surface area contributed by atoms with E-state index in [-0.39, 0.29) is 35.9 Å². The van der Waals surface area contributed by atoms with Gasteiger partial charge in [-0.1, -0.05) is 30.3 Å². The molecule has 3 atom stereocenters. The quantitative estimate of drug-likeness (QED) is 0.713. The molecule has 2 aromatic rings. The zero-order valence-electron chi connectivity index (χ0n) is 17.7. The van der Waals surface area contributed by atoms with E-state index in [0.29, 0.717) is 19.5 Å². The number of carbonyl (C=O) groups is 1. The van der Waals surface area contributed by atoms with Crippen LogP contribution in [0.5, 0.6) is 0 Å². The van der Waals surface area contributed by atoms with Crippen LogP contribution in [0.25, 0.3) is 10.4 Å². The maximum Gasteiger partial charge on any atom is 0.225 e. The van der Waals surface area contributed by atoms with E-state index in [1.807, 2.05) is 22.3 Å². The first-order chi connectivity index (χ1) is 14.6. The molecule has 0 radical (unpaired) electrons. The highest BCUT2D eigenvalue weighted by atomic mass is 35.5. The summed E-state index contributed by atoms with van der Waals surface area (Å²) in [4.78, 5) is 17.8. The number of nitrogens with two attached hydrogens (primary N) is 1. The average molecular weight is 463 g/mol. The van der Waals surface area contributed by atoms with Crippen molar-refractivity contribution < 1.29 is 14.6 Å². The molecule has 1 aromatic carbocycles. The Balaban J connectivity index is 0.00000231. The smallest absolute Gasteiger partial charge is 0.225 e. The lowest BCUT2D eigenvalue weighted by molar-refractivity contribution is -0.147. The number of halogens is 1. The van der Waals surface area contributed by atoms with Crippen LogP contribution >= 0.6 is 23.7 Å². The first-order valence-corrected chi connectivity index (χ1v) is 11.9. The van der Waals surface area contributed by atoms with E-state index in [1.54, 1.807) is 0 Å². The van der Waals surface area contributed by atoms with Crippen molar-refractivity contribution in [2.24, 2.45) is 11.7 Å². The Morgan fingerprint density at radius 3 is 2.65 bits per heavy atom. The van der Waals surface area contributed by atoms with E-state index in [9.17, 15) is 9.90 Å². The minimum absolute atomic E-state index is 0. The first kappa shape index (κ1) is 22.7. The number of amides is 1. The monoisotopic (exact) mass is 462 g/mol. The summed E-state index contributed by atoms with van der Waals surface area (Å²) in [7, 11) is 0. The van der Waals surface area contributed by atoms with Gasteiger partial charge < -0.3 is 20.5 Å². The zero-order valence-corrected chi connectivity index (χ0v) is 19.3. The van der Waals surface area contributed by atoms with Gasteiger partial charge in [0.15, 0.2) is 0 Å². The molecule has 0 unspecified atom stereocenters. The van der Waals surface area contributed by atoms with Crippen LogP contribution in [0.1, 0.15) is 42.5 Å². The Bertz CT molecular complexity index is 911. The predicted octanol–water partition coefficient (Wildman–Crippen LogP) is 3.72. The second-order valence-corrected chi connectivity index (χ2v) is 10.1. The number of rotatable bonds is 2. The van der Waals surface area contributed by atoms with Gasteiger partial charge in [0.25, 0.3) is 0 Å². The van der Waals surface area contributed by atoms with Crippen LogP contribution < -0.4 is 5.73 Å². The molecule has 2 aliphatic heterocycles. The summed E-state index contributed by atoms with van der Waals surface area (Å²) in [5.74, 6) is 0.0876. The number of likely N-dealkylation sites (tertiary alicyclic amines) is 1. The van der Waals surface area contributed by atoms with Crippen molar-refractivity contribution in [3.05, 3.63) is 46.8 Å². The number of nitrogens with zero attached hydrogens (tertiary/aromatic N) is 1. The molecule has 1 saturated heterocycles. The van der Waals surface area contributed by atoms with Crippen LogP contribution in [0.3, 0.4) is 0 Å². The van der Waals surface area contributed by atoms with Gasteiger partial charge in [0.05, 0.1) is 18.3 Å². The van der Waals surface area contributed by atoms with Crippen molar-refractivity contribution in [1.29, 1.82) is 0 Å². The van der Waals surface area contributed by atoms with Crippen LogP contribution in [0, 0.1) is 5.92 Å². The highest BCUT2D eigenvalue weighted by molar-refractivity contribution is 7.15. The Kier molecular flexibility index (Phi) is 6.75. The number of benzene rings is 1. The van der Waals surface area contributed by atoms with Gasteiger partial charge >= 0.3 is 0 Å². The zero-order chi connectivity index (χ0) is 20.7. The molecule has 5 nitrogen and oxygen atoms in total. The molecule has 168 valence electrons. The molecule has 1 saturated carbocycles. The number of hydrogen-bond acceptors (Lipinski definition) is 5. The summed E-state index contributed by atoms with van der Waals surface area (Å²) in [6, 6.07) is 12.7. The molecule has 7 heteroatoms. The summed E-state index contributed by atoms with van der Waals surface area (Å²) in [6.07, 6.45) is 4.08. The third kappa shape index (κ3) is 4.29. The van der Waals surface area contributed by atoms with E-state index < -0.39 is 6.10 Å². The van der Waals surface area contributed by atoms with E-state index in [4.69, 9.17) is 10.5 Å². The van der Waals surface area contributed by atoms with Gasteiger partial charge in [-0.3, -0.25) is 4.79 Å². The van der Waals surface area contributed by atoms with Crippen LogP contribution in [-0.2, 0) is 21.6 Å². The Labute approximate surface area is 194 Å². The first-order valence-electron chi connectivity index (χ1n) is 11.1. The van der Waals surface area contributed by atoms with E-state index in [1.165, 1.54) is 20.9 Å². The third-order valence-corrected chi connectivity index (χ3v) is 8.41. The van der Waals surface area contributed by atoms with Crippen molar-refractivity contribution in [3.63, 3.8) is 0 Å². The van der Waals surface area contributed by atoms with Crippen molar-refractivity contribution in [2.45, 2.75) is 56.3 Å². The number of aliphatic hydroxyl groups excluding tert-OH is 1. The fourth-order valence-electron chi connectivity index (χ4n) is 5.32. The molecular formula is C24H31ClN2O3S. The molecule has 3 aliphatic rings. The van der Waals surface area contributed by atoms with Crippen LogP contribution in [0.2, 0.25) is 0 Å². The molecule has 1 aliphatic carbocycles. The summed E-state index contributed by atoms with van der Waals surface area (Å²) in [5, 5.41) is 10.1. The maximum atomic E-state index is 13.0. The second kappa shape index (κ2) is 9.20. The van der Waals surface area contributed by atoms with Gasteiger partial charge in [-0.15, -0.1) is 23.7 Å². The molecule has 0 bridgehead atoms. The Morgan fingerprint density at radius 1 is 1.19 bits per heavy atom. The number of thiophene rings is 1. The van der Waals surface area contributed by atoms with Crippen molar-refractivity contribution >= 4 is 29.7 Å². The topological polar surface area (TPSA) is 75.8 Å². The number of aliphatic hydroxyl groups is 1.